The molecule has 1 amide bonds. The van der Waals surface area contributed by atoms with Crippen molar-refractivity contribution in [3.8, 4) is 11.5 Å². The second-order valence-corrected chi connectivity index (χ2v) is 11.4. The molecule has 0 saturated carbocycles. The lowest BCUT2D eigenvalue weighted by Crippen LogP contribution is -2.38. The van der Waals surface area contributed by atoms with Crippen LogP contribution in [0.15, 0.2) is 54.6 Å². The van der Waals surface area contributed by atoms with Crippen LogP contribution in [0, 0.1) is 5.92 Å². The molecule has 0 atom stereocenters. The zero-order valence-corrected chi connectivity index (χ0v) is 23.7. The van der Waals surface area contributed by atoms with Crippen molar-refractivity contribution < 1.29 is 23.8 Å². The van der Waals surface area contributed by atoms with Crippen molar-refractivity contribution in [2.24, 2.45) is 5.92 Å². The van der Waals surface area contributed by atoms with E-state index in [0.717, 1.165) is 43.8 Å². The summed E-state index contributed by atoms with van der Waals surface area (Å²) in [5.74, 6) is 0.242. The molecule has 4 rings (SSSR count). The molecule has 0 bridgehead atoms. The highest BCUT2D eigenvalue weighted by atomic mass is 16.5. The molecule has 1 aliphatic rings. The van der Waals surface area contributed by atoms with Crippen molar-refractivity contribution in [1.82, 2.24) is 4.90 Å². The number of hydrogen-bond acceptors (Lipinski definition) is 6. The third kappa shape index (κ3) is 7.37. The van der Waals surface area contributed by atoms with Crippen LogP contribution in [-0.2, 0) is 14.9 Å². The van der Waals surface area contributed by atoms with Gasteiger partial charge in [-0.1, -0.05) is 65.0 Å². The van der Waals surface area contributed by atoms with Gasteiger partial charge in [-0.25, -0.2) is 0 Å². The van der Waals surface area contributed by atoms with Crippen LogP contribution in [0.25, 0.3) is 10.8 Å². The molecule has 7 nitrogen and oxygen atoms in total. The molecule has 208 valence electrons. The van der Waals surface area contributed by atoms with Crippen LogP contribution < -0.4 is 14.8 Å². The third-order valence-electron chi connectivity index (χ3n) is 6.77. The van der Waals surface area contributed by atoms with Gasteiger partial charge in [0.25, 0.3) is 11.7 Å². The summed E-state index contributed by atoms with van der Waals surface area (Å²) in [5, 5.41) is 4.32. The normalized spacial score (nSPS) is 14.4. The average Bonchev–Trinajstić information content (AvgIpc) is 2.92. The van der Waals surface area contributed by atoms with E-state index in [2.05, 4.69) is 44.8 Å². The van der Waals surface area contributed by atoms with Crippen LogP contribution in [0.3, 0.4) is 0 Å². The summed E-state index contributed by atoms with van der Waals surface area (Å²) in [6.07, 6.45) is 0. The Labute approximate surface area is 231 Å². The Morgan fingerprint density at radius 3 is 2.33 bits per heavy atom. The summed E-state index contributed by atoms with van der Waals surface area (Å²) in [4.78, 5) is 29.0. The summed E-state index contributed by atoms with van der Waals surface area (Å²) in [6.45, 7) is 15.5. The van der Waals surface area contributed by atoms with Crippen molar-refractivity contribution in [2.75, 3.05) is 51.4 Å². The molecule has 0 aromatic heterocycles. The number of carbonyl (C=O) groups excluding carboxylic acids is 2. The standard InChI is InChI=1S/C32H40N2O5/c1-22(2)21-39-29-12-10-23(32(3,4)5)20-27(29)33-31(36)30(35)26-11-13-28(25-9-7-6-8-24(25)26)38-19-16-34-14-17-37-18-15-34/h6-13,20,22H,14-19,21H2,1-5H3,(H,33,36). The maximum Gasteiger partial charge on any atom is 0.296 e. The molecule has 39 heavy (non-hydrogen) atoms. The van der Waals surface area contributed by atoms with Crippen molar-refractivity contribution in [2.45, 2.75) is 40.0 Å². The maximum absolute atomic E-state index is 13.4. The van der Waals surface area contributed by atoms with Crippen LogP contribution >= 0.6 is 0 Å². The van der Waals surface area contributed by atoms with Gasteiger partial charge in [-0.15, -0.1) is 0 Å². The molecule has 3 aromatic carbocycles. The Bertz CT molecular complexity index is 1310. The molecule has 1 N–H and O–H groups in total. The van der Waals surface area contributed by atoms with E-state index < -0.39 is 11.7 Å². The van der Waals surface area contributed by atoms with Crippen molar-refractivity contribution in [3.05, 3.63) is 65.7 Å². The number of nitrogens with one attached hydrogen (secondary N) is 1. The Hall–Kier alpha value is -3.42. The second kappa shape index (κ2) is 12.6. The number of fused-ring (bicyclic) bond motifs is 1. The van der Waals surface area contributed by atoms with E-state index in [4.69, 9.17) is 14.2 Å². The lowest BCUT2D eigenvalue weighted by molar-refractivity contribution is -0.112. The quantitative estimate of drug-likeness (QED) is 0.266. The highest BCUT2D eigenvalue weighted by Crippen LogP contribution is 2.33. The van der Waals surface area contributed by atoms with Crippen molar-refractivity contribution >= 4 is 28.2 Å². The number of morpholine rings is 1. The van der Waals surface area contributed by atoms with Crippen LogP contribution in [0.1, 0.15) is 50.5 Å². The lowest BCUT2D eigenvalue weighted by Gasteiger charge is -2.26. The molecule has 7 heteroatoms. The Morgan fingerprint density at radius 1 is 0.949 bits per heavy atom. The molecule has 0 radical (unpaired) electrons. The minimum absolute atomic E-state index is 0.131. The topological polar surface area (TPSA) is 77.1 Å². The molecular formula is C32H40N2O5. The van der Waals surface area contributed by atoms with Gasteiger partial charge >= 0.3 is 0 Å². The highest BCUT2D eigenvalue weighted by molar-refractivity contribution is 6.48. The van der Waals surface area contributed by atoms with Gasteiger partial charge in [-0.05, 0) is 46.5 Å². The first-order valence-electron chi connectivity index (χ1n) is 13.7. The van der Waals surface area contributed by atoms with Crippen LogP contribution in [0.4, 0.5) is 5.69 Å². The minimum Gasteiger partial charge on any atom is -0.492 e. The van der Waals surface area contributed by atoms with Crippen LogP contribution in [0.2, 0.25) is 0 Å². The average molecular weight is 533 g/mol. The molecule has 1 saturated heterocycles. The van der Waals surface area contributed by atoms with Gasteiger partial charge in [0.05, 0.1) is 25.5 Å². The van der Waals surface area contributed by atoms with E-state index in [1.54, 1.807) is 12.1 Å². The van der Waals surface area contributed by atoms with Crippen molar-refractivity contribution in [1.29, 1.82) is 0 Å². The van der Waals surface area contributed by atoms with Gasteiger partial charge in [-0.3, -0.25) is 14.5 Å². The van der Waals surface area contributed by atoms with Gasteiger partial charge < -0.3 is 19.5 Å². The zero-order chi connectivity index (χ0) is 28.0. The summed E-state index contributed by atoms with van der Waals surface area (Å²) < 4.78 is 17.5. The number of benzene rings is 3. The van der Waals surface area contributed by atoms with Gasteiger partial charge in [0.15, 0.2) is 0 Å². The molecule has 1 aliphatic heterocycles. The minimum atomic E-state index is -0.707. The predicted molar refractivity (Wildman–Crippen MR) is 155 cm³/mol. The Balaban J connectivity index is 1.54. The highest BCUT2D eigenvalue weighted by Gasteiger charge is 2.23. The fourth-order valence-electron chi connectivity index (χ4n) is 4.48. The van der Waals surface area contributed by atoms with E-state index in [1.165, 1.54) is 0 Å². The van der Waals surface area contributed by atoms with Crippen molar-refractivity contribution in [3.63, 3.8) is 0 Å². The number of carbonyl (C=O) groups is 2. The lowest BCUT2D eigenvalue weighted by atomic mass is 9.86. The molecule has 0 spiro atoms. The Kier molecular flexibility index (Phi) is 9.25. The van der Waals surface area contributed by atoms with E-state index in [1.807, 2.05) is 42.5 Å². The number of nitrogens with zero attached hydrogens (tertiary/aromatic N) is 1. The number of hydrogen-bond donors (Lipinski definition) is 1. The van der Waals surface area contributed by atoms with E-state index in [-0.39, 0.29) is 5.41 Å². The van der Waals surface area contributed by atoms with E-state index in [0.29, 0.717) is 47.3 Å². The first kappa shape index (κ1) is 28.6. The SMILES string of the molecule is CC(C)COc1ccc(C(C)(C)C)cc1NC(=O)C(=O)c1ccc(OCCN2CCOCC2)c2ccccc12. The number of amides is 1. The number of anilines is 1. The fraction of sp³-hybridized carbons (Fsp3) is 0.438. The number of Topliss-reactive ketones (excluding diaryl/α,β-unsaturated/α-hetero) is 1. The van der Waals surface area contributed by atoms with E-state index >= 15 is 0 Å². The molecular weight excluding hydrogens is 492 g/mol. The van der Waals surface area contributed by atoms with Gasteiger partial charge in [-0.2, -0.15) is 0 Å². The van der Waals surface area contributed by atoms with Gasteiger partial charge in [0, 0.05) is 30.6 Å². The monoisotopic (exact) mass is 532 g/mol. The van der Waals surface area contributed by atoms with Gasteiger partial charge in [0.2, 0.25) is 0 Å². The first-order chi connectivity index (χ1) is 18.6. The molecule has 3 aromatic rings. The maximum atomic E-state index is 13.4. The predicted octanol–water partition coefficient (Wildman–Crippen LogP) is 5.70. The molecule has 1 fully saturated rings. The second-order valence-electron chi connectivity index (χ2n) is 11.4. The fourth-order valence-corrected chi connectivity index (χ4v) is 4.48. The molecule has 0 aliphatic carbocycles. The van der Waals surface area contributed by atoms with Gasteiger partial charge in [0.1, 0.15) is 18.1 Å². The smallest absolute Gasteiger partial charge is 0.296 e. The zero-order valence-electron chi connectivity index (χ0n) is 23.7. The Morgan fingerprint density at radius 2 is 1.64 bits per heavy atom. The van der Waals surface area contributed by atoms with Crippen LogP contribution in [0.5, 0.6) is 11.5 Å². The largest absolute Gasteiger partial charge is 0.492 e. The summed E-state index contributed by atoms with van der Waals surface area (Å²) >= 11 is 0. The first-order valence-corrected chi connectivity index (χ1v) is 13.7. The van der Waals surface area contributed by atoms with Crippen LogP contribution in [-0.4, -0.2) is 62.7 Å². The van der Waals surface area contributed by atoms with E-state index in [9.17, 15) is 9.59 Å². The summed E-state index contributed by atoms with van der Waals surface area (Å²) in [7, 11) is 0. The number of rotatable bonds is 10. The third-order valence-corrected chi connectivity index (χ3v) is 6.77. The summed E-state index contributed by atoms with van der Waals surface area (Å²) in [5.41, 5.74) is 1.73. The number of ketones is 1. The number of ether oxygens (including phenoxy) is 3. The molecule has 0 unspecified atom stereocenters. The summed E-state index contributed by atoms with van der Waals surface area (Å²) in [6, 6.07) is 16.7. The molecule has 1 heterocycles.